The van der Waals surface area contributed by atoms with Gasteiger partial charge < -0.3 is 10.1 Å². The second-order valence-electron chi connectivity index (χ2n) is 6.98. The Hall–Kier alpha value is -1.91. The highest BCUT2D eigenvalue weighted by molar-refractivity contribution is 5.96. The minimum atomic E-state index is -1.10. The van der Waals surface area contributed by atoms with Gasteiger partial charge in [0.15, 0.2) is 5.60 Å². The Morgan fingerprint density at radius 1 is 1.23 bits per heavy atom. The smallest absolute Gasteiger partial charge is 0.313 e. The van der Waals surface area contributed by atoms with Crippen LogP contribution in [0.2, 0.25) is 0 Å². The van der Waals surface area contributed by atoms with Gasteiger partial charge in [-0.2, -0.15) is 0 Å². The molecule has 2 atom stereocenters. The van der Waals surface area contributed by atoms with E-state index in [-0.39, 0.29) is 24.2 Å². The lowest BCUT2D eigenvalue weighted by atomic mass is 9.66. The first kappa shape index (κ1) is 15.0. The largest absolute Gasteiger partial charge is 0.448 e. The fourth-order valence-electron chi connectivity index (χ4n) is 3.67. The molecule has 1 amide bonds. The first-order valence-corrected chi connectivity index (χ1v) is 7.49. The van der Waals surface area contributed by atoms with Crippen molar-refractivity contribution in [1.29, 1.82) is 0 Å². The maximum Gasteiger partial charge on any atom is 0.313 e. The normalized spacial score (nSPS) is 31.9. The van der Waals surface area contributed by atoms with Crippen LogP contribution in [0.3, 0.4) is 0 Å². The molecule has 0 radical (unpaired) electrons. The molecule has 1 saturated heterocycles. The van der Waals surface area contributed by atoms with Crippen molar-refractivity contribution in [1.82, 2.24) is 5.32 Å². The first-order chi connectivity index (χ1) is 10.2. The summed E-state index contributed by atoms with van der Waals surface area (Å²) in [5.41, 5.74) is -1.46. The van der Waals surface area contributed by atoms with E-state index in [2.05, 4.69) is 5.32 Å². The summed E-state index contributed by atoms with van der Waals surface area (Å²) in [5.74, 6) is -0.872. The van der Waals surface area contributed by atoms with Gasteiger partial charge in [0.1, 0.15) is 5.82 Å². The number of benzene rings is 1. The molecule has 1 aromatic rings. The molecule has 118 valence electrons. The molecule has 0 aromatic heterocycles. The van der Waals surface area contributed by atoms with E-state index in [4.69, 9.17) is 4.74 Å². The van der Waals surface area contributed by atoms with Gasteiger partial charge in [0.2, 0.25) is 0 Å². The molecule has 2 aliphatic rings. The topological polar surface area (TPSA) is 55.4 Å². The number of carbonyl (C=O) groups is 2. The van der Waals surface area contributed by atoms with Crippen molar-refractivity contribution in [3.63, 3.8) is 0 Å². The molecule has 4 nitrogen and oxygen atoms in total. The van der Waals surface area contributed by atoms with Crippen LogP contribution in [0.25, 0.3) is 0 Å². The van der Waals surface area contributed by atoms with Gasteiger partial charge in [0, 0.05) is 12.0 Å². The van der Waals surface area contributed by atoms with Crippen molar-refractivity contribution in [2.45, 2.75) is 45.8 Å². The molecular weight excluding hydrogens is 285 g/mol. The summed E-state index contributed by atoms with van der Waals surface area (Å²) in [5, 5.41) is 2.83. The summed E-state index contributed by atoms with van der Waals surface area (Å²) in [7, 11) is 0. The highest BCUT2D eigenvalue weighted by Crippen LogP contribution is 2.65. The average Bonchev–Trinajstić information content (AvgIpc) is 2.77. The van der Waals surface area contributed by atoms with Gasteiger partial charge in [0.05, 0.1) is 5.41 Å². The molecule has 1 N–H and O–H groups in total. The molecule has 2 fully saturated rings. The molecule has 0 spiro atoms. The predicted molar refractivity (Wildman–Crippen MR) is 78.2 cm³/mol. The zero-order valence-electron chi connectivity index (χ0n) is 13.0. The van der Waals surface area contributed by atoms with Crippen molar-refractivity contribution < 1.29 is 18.7 Å². The molecule has 2 bridgehead atoms. The Morgan fingerprint density at radius 2 is 1.86 bits per heavy atom. The maximum absolute atomic E-state index is 12.9. The van der Waals surface area contributed by atoms with Crippen molar-refractivity contribution in [2.75, 3.05) is 0 Å². The number of halogens is 1. The highest BCUT2D eigenvalue weighted by atomic mass is 19.1. The van der Waals surface area contributed by atoms with Gasteiger partial charge in [-0.05, 0) is 37.5 Å². The summed E-state index contributed by atoms with van der Waals surface area (Å²) >= 11 is 0. The van der Waals surface area contributed by atoms with Gasteiger partial charge in [0.25, 0.3) is 5.91 Å². The molecule has 1 saturated carbocycles. The Morgan fingerprint density at radius 3 is 2.36 bits per heavy atom. The lowest BCUT2D eigenvalue weighted by Gasteiger charge is -2.35. The SMILES string of the molecule is CC1(C)[C@]2(C)CC[C@]1(C(=O)NCc1ccc(F)cc1)OC2=O. The quantitative estimate of drug-likeness (QED) is 0.873. The second kappa shape index (κ2) is 4.54. The lowest BCUT2D eigenvalue weighted by Crippen LogP contribution is -2.53. The third kappa shape index (κ3) is 1.74. The summed E-state index contributed by atoms with van der Waals surface area (Å²) in [4.78, 5) is 24.9. The van der Waals surface area contributed by atoms with Gasteiger partial charge in [-0.15, -0.1) is 0 Å². The Labute approximate surface area is 129 Å². The lowest BCUT2D eigenvalue weighted by molar-refractivity contribution is -0.168. The van der Waals surface area contributed by atoms with Crippen LogP contribution in [0, 0.1) is 16.6 Å². The molecule has 5 heteroatoms. The summed E-state index contributed by atoms with van der Waals surface area (Å²) in [6.07, 6.45) is 1.19. The van der Waals surface area contributed by atoms with Crippen molar-refractivity contribution in [3.8, 4) is 0 Å². The van der Waals surface area contributed by atoms with Crippen LogP contribution < -0.4 is 5.32 Å². The molecule has 1 aliphatic heterocycles. The minimum absolute atomic E-state index is 0.267. The van der Waals surface area contributed by atoms with E-state index in [1.165, 1.54) is 12.1 Å². The maximum atomic E-state index is 12.9. The summed E-state index contributed by atoms with van der Waals surface area (Å²) in [6.45, 7) is 5.99. The molecular formula is C17H20FNO3. The van der Waals surface area contributed by atoms with Gasteiger partial charge >= 0.3 is 5.97 Å². The van der Waals surface area contributed by atoms with E-state index in [1.54, 1.807) is 12.1 Å². The van der Waals surface area contributed by atoms with Crippen LogP contribution in [-0.4, -0.2) is 17.5 Å². The van der Waals surface area contributed by atoms with Gasteiger partial charge in [-0.1, -0.05) is 26.0 Å². The van der Waals surface area contributed by atoms with E-state index in [0.717, 1.165) is 5.56 Å². The third-order valence-corrected chi connectivity index (χ3v) is 5.82. The van der Waals surface area contributed by atoms with Crippen LogP contribution in [-0.2, 0) is 20.9 Å². The molecule has 1 aromatic carbocycles. The van der Waals surface area contributed by atoms with E-state index < -0.39 is 16.4 Å². The fourth-order valence-corrected chi connectivity index (χ4v) is 3.67. The summed E-state index contributed by atoms with van der Waals surface area (Å²) in [6, 6.07) is 5.95. The zero-order chi connectivity index (χ0) is 16.2. The number of hydrogen-bond acceptors (Lipinski definition) is 3. The van der Waals surface area contributed by atoms with Gasteiger partial charge in [-0.3, -0.25) is 9.59 Å². The predicted octanol–water partition coefficient (Wildman–Crippen LogP) is 2.56. The van der Waals surface area contributed by atoms with Crippen LogP contribution in [0.1, 0.15) is 39.2 Å². The van der Waals surface area contributed by atoms with Crippen molar-refractivity contribution >= 4 is 11.9 Å². The van der Waals surface area contributed by atoms with E-state index in [0.29, 0.717) is 12.8 Å². The number of nitrogens with one attached hydrogen (secondary N) is 1. The van der Waals surface area contributed by atoms with E-state index in [1.807, 2.05) is 20.8 Å². The van der Waals surface area contributed by atoms with Crippen LogP contribution in [0.4, 0.5) is 4.39 Å². The Kier molecular flexibility index (Phi) is 3.10. The molecule has 0 unspecified atom stereocenters. The number of carbonyl (C=O) groups excluding carboxylic acids is 2. The highest BCUT2D eigenvalue weighted by Gasteiger charge is 2.75. The molecule has 3 rings (SSSR count). The molecule has 22 heavy (non-hydrogen) atoms. The third-order valence-electron chi connectivity index (χ3n) is 5.82. The number of fused-ring (bicyclic) bond motifs is 2. The number of rotatable bonds is 3. The fraction of sp³-hybridized carbons (Fsp3) is 0.529. The average molecular weight is 305 g/mol. The monoisotopic (exact) mass is 305 g/mol. The number of esters is 1. The number of amides is 1. The number of hydrogen-bond donors (Lipinski definition) is 1. The first-order valence-electron chi connectivity index (χ1n) is 7.49. The second-order valence-corrected chi connectivity index (χ2v) is 6.98. The molecule has 1 aliphatic carbocycles. The Balaban J connectivity index is 1.78. The van der Waals surface area contributed by atoms with Crippen LogP contribution >= 0.6 is 0 Å². The van der Waals surface area contributed by atoms with Crippen LogP contribution in [0.15, 0.2) is 24.3 Å². The zero-order valence-corrected chi connectivity index (χ0v) is 13.0. The van der Waals surface area contributed by atoms with Crippen molar-refractivity contribution in [3.05, 3.63) is 35.6 Å². The standard InChI is InChI=1S/C17H20FNO3/c1-15(2)16(3)8-9-17(15,22-14(16)21)13(20)19-10-11-4-6-12(18)7-5-11/h4-7H,8-10H2,1-3H3,(H,19,20)/t16-,17-/m1/s1. The Bertz CT molecular complexity index is 640. The summed E-state index contributed by atoms with van der Waals surface area (Å²) < 4.78 is 18.4. The van der Waals surface area contributed by atoms with E-state index in [9.17, 15) is 14.0 Å². The van der Waals surface area contributed by atoms with E-state index >= 15 is 0 Å². The number of ether oxygens (including phenoxy) is 1. The van der Waals surface area contributed by atoms with Crippen LogP contribution in [0.5, 0.6) is 0 Å². The van der Waals surface area contributed by atoms with Crippen molar-refractivity contribution in [2.24, 2.45) is 10.8 Å². The molecule has 1 heterocycles. The van der Waals surface area contributed by atoms with Gasteiger partial charge in [-0.25, -0.2) is 4.39 Å². The minimum Gasteiger partial charge on any atom is -0.448 e.